The Morgan fingerprint density at radius 2 is 1.70 bits per heavy atom. The number of nitrogens with one attached hydrogen (secondary N) is 1. The molecule has 30 heavy (non-hydrogen) atoms. The monoisotopic (exact) mass is 400 g/mol. The average Bonchev–Trinajstić information content (AvgIpc) is 2.79. The molecule has 0 radical (unpaired) electrons. The Bertz CT molecular complexity index is 1040. The van der Waals surface area contributed by atoms with Gasteiger partial charge in [-0.15, -0.1) is 0 Å². The first kappa shape index (κ1) is 19.8. The van der Waals surface area contributed by atoms with Gasteiger partial charge in [0.25, 0.3) is 11.8 Å². The lowest BCUT2D eigenvalue weighted by atomic mass is 9.99. The summed E-state index contributed by atoms with van der Waals surface area (Å²) in [5.41, 5.74) is 2.42. The van der Waals surface area contributed by atoms with E-state index >= 15 is 0 Å². The van der Waals surface area contributed by atoms with Crippen molar-refractivity contribution in [2.24, 2.45) is 0 Å². The highest BCUT2D eigenvalue weighted by Gasteiger charge is 2.31. The van der Waals surface area contributed by atoms with E-state index in [2.05, 4.69) is 15.3 Å². The number of likely N-dealkylation sites (tertiary alicyclic amines) is 1. The standard InChI is InChI=1S/C24H24N4O2/c1-17-20(23(29)27-19-12-6-3-7-13-19)16-25-22(26-17)21-14-8-9-15-28(21)24(30)18-10-4-2-5-11-18/h2-7,10-13,16,21H,8-9,14-15H2,1H3,(H,27,29)/t21-/m1/s1. The Balaban J connectivity index is 1.56. The van der Waals surface area contributed by atoms with E-state index in [9.17, 15) is 9.59 Å². The SMILES string of the molecule is Cc1nc([C@H]2CCCCN2C(=O)c2ccccc2)ncc1C(=O)Nc1ccccc1. The molecule has 4 rings (SSSR count). The number of rotatable bonds is 4. The van der Waals surface area contributed by atoms with E-state index in [4.69, 9.17) is 0 Å². The molecular weight excluding hydrogens is 376 g/mol. The van der Waals surface area contributed by atoms with Crippen molar-refractivity contribution in [1.82, 2.24) is 14.9 Å². The molecule has 152 valence electrons. The maximum atomic E-state index is 13.1. The molecule has 1 atom stereocenters. The van der Waals surface area contributed by atoms with Crippen LogP contribution in [0, 0.1) is 6.92 Å². The highest BCUT2D eigenvalue weighted by atomic mass is 16.2. The Morgan fingerprint density at radius 1 is 1.00 bits per heavy atom. The molecule has 2 amide bonds. The lowest BCUT2D eigenvalue weighted by Gasteiger charge is -2.35. The molecule has 0 saturated carbocycles. The second-order valence-electron chi connectivity index (χ2n) is 7.42. The van der Waals surface area contributed by atoms with Gasteiger partial charge in [-0.3, -0.25) is 9.59 Å². The Kier molecular flexibility index (Phi) is 5.84. The molecule has 1 fully saturated rings. The fourth-order valence-electron chi connectivity index (χ4n) is 3.78. The fourth-order valence-corrected chi connectivity index (χ4v) is 3.78. The number of amides is 2. The van der Waals surface area contributed by atoms with Gasteiger partial charge in [-0.1, -0.05) is 36.4 Å². The van der Waals surface area contributed by atoms with Gasteiger partial charge in [-0.05, 0) is 50.5 Å². The number of anilines is 1. The van der Waals surface area contributed by atoms with E-state index in [1.807, 2.05) is 65.6 Å². The van der Waals surface area contributed by atoms with Gasteiger partial charge in [-0.2, -0.15) is 0 Å². The summed E-state index contributed by atoms with van der Waals surface area (Å²) in [6.45, 7) is 2.48. The van der Waals surface area contributed by atoms with Gasteiger partial charge in [0, 0.05) is 24.0 Å². The topological polar surface area (TPSA) is 75.2 Å². The molecule has 1 N–H and O–H groups in total. The molecule has 1 saturated heterocycles. The van der Waals surface area contributed by atoms with Crippen molar-refractivity contribution in [3.05, 3.63) is 89.5 Å². The maximum absolute atomic E-state index is 13.1. The summed E-state index contributed by atoms with van der Waals surface area (Å²) in [6, 6.07) is 18.4. The maximum Gasteiger partial charge on any atom is 0.259 e. The van der Waals surface area contributed by atoms with E-state index < -0.39 is 0 Å². The molecule has 2 heterocycles. The van der Waals surface area contributed by atoms with Crippen molar-refractivity contribution in [2.75, 3.05) is 11.9 Å². The molecular formula is C24H24N4O2. The normalized spacial score (nSPS) is 16.2. The van der Waals surface area contributed by atoms with E-state index in [0.717, 1.165) is 24.9 Å². The summed E-state index contributed by atoms with van der Waals surface area (Å²) >= 11 is 0. The van der Waals surface area contributed by atoms with Crippen LogP contribution in [-0.4, -0.2) is 33.2 Å². The minimum Gasteiger partial charge on any atom is -0.328 e. The average molecular weight is 400 g/mol. The van der Waals surface area contributed by atoms with Crippen molar-refractivity contribution in [3.63, 3.8) is 0 Å². The Morgan fingerprint density at radius 3 is 2.40 bits per heavy atom. The molecule has 0 aliphatic carbocycles. The van der Waals surface area contributed by atoms with Crippen LogP contribution in [0.5, 0.6) is 0 Å². The van der Waals surface area contributed by atoms with E-state index in [1.165, 1.54) is 0 Å². The molecule has 6 nitrogen and oxygen atoms in total. The first-order valence-corrected chi connectivity index (χ1v) is 10.2. The van der Waals surface area contributed by atoms with Gasteiger partial charge in [0.2, 0.25) is 0 Å². The lowest BCUT2D eigenvalue weighted by molar-refractivity contribution is 0.0599. The zero-order valence-corrected chi connectivity index (χ0v) is 16.9. The smallest absolute Gasteiger partial charge is 0.259 e. The van der Waals surface area contributed by atoms with Crippen LogP contribution in [0.1, 0.15) is 57.5 Å². The zero-order valence-electron chi connectivity index (χ0n) is 16.9. The minimum absolute atomic E-state index is 0.00699. The van der Waals surface area contributed by atoms with Gasteiger partial charge in [0.1, 0.15) is 0 Å². The molecule has 0 unspecified atom stereocenters. The second kappa shape index (κ2) is 8.86. The highest BCUT2D eigenvalue weighted by Crippen LogP contribution is 2.30. The third-order valence-corrected chi connectivity index (χ3v) is 5.36. The minimum atomic E-state index is -0.244. The Hall–Kier alpha value is -3.54. The van der Waals surface area contributed by atoms with Crippen LogP contribution in [0.25, 0.3) is 0 Å². The second-order valence-corrected chi connectivity index (χ2v) is 7.42. The summed E-state index contributed by atoms with van der Waals surface area (Å²) in [6.07, 6.45) is 4.36. The third kappa shape index (κ3) is 4.22. The number of carbonyl (C=O) groups excluding carboxylic acids is 2. The van der Waals surface area contributed by atoms with Gasteiger partial charge >= 0.3 is 0 Å². The molecule has 3 aromatic rings. The van der Waals surface area contributed by atoms with E-state index in [0.29, 0.717) is 29.2 Å². The summed E-state index contributed by atoms with van der Waals surface area (Å²) in [5.74, 6) is 0.339. The van der Waals surface area contributed by atoms with Crippen LogP contribution < -0.4 is 5.32 Å². The van der Waals surface area contributed by atoms with Gasteiger partial charge < -0.3 is 10.2 Å². The molecule has 1 aromatic heterocycles. The van der Waals surface area contributed by atoms with Crippen molar-refractivity contribution < 1.29 is 9.59 Å². The van der Waals surface area contributed by atoms with Crippen LogP contribution in [0.4, 0.5) is 5.69 Å². The summed E-state index contributed by atoms with van der Waals surface area (Å²) in [5, 5.41) is 2.86. The summed E-state index contributed by atoms with van der Waals surface area (Å²) < 4.78 is 0. The van der Waals surface area contributed by atoms with Crippen molar-refractivity contribution >= 4 is 17.5 Å². The zero-order chi connectivity index (χ0) is 20.9. The van der Waals surface area contributed by atoms with Crippen LogP contribution in [0.3, 0.4) is 0 Å². The molecule has 0 spiro atoms. The first-order chi connectivity index (χ1) is 14.6. The predicted octanol–water partition coefficient (Wildman–Crippen LogP) is 4.40. The summed E-state index contributed by atoms with van der Waals surface area (Å²) in [4.78, 5) is 36.6. The number of carbonyl (C=O) groups is 2. The molecule has 6 heteroatoms. The number of hydrogen-bond donors (Lipinski definition) is 1. The number of para-hydroxylation sites is 1. The van der Waals surface area contributed by atoms with Crippen LogP contribution in [-0.2, 0) is 0 Å². The van der Waals surface area contributed by atoms with Crippen molar-refractivity contribution in [2.45, 2.75) is 32.2 Å². The number of hydrogen-bond acceptors (Lipinski definition) is 4. The Labute approximate surface area is 176 Å². The summed E-state index contributed by atoms with van der Waals surface area (Å²) in [7, 11) is 0. The van der Waals surface area contributed by atoms with Gasteiger partial charge in [0.05, 0.1) is 17.3 Å². The number of benzene rings is 2. The number of aryl methyl sites for hydroxylation is 1. The number of aromatic nitrogens is 2. The quantitative estimate of drug-likeness (QED) is 0.704. The van der Waals surface area contributed by atoms with Crippen molar-refractivity contribution in [1.29, 1.82) is 0 Å². The van der Waals surface area contributed by atoms with Gasteiger partial charge in [0.15, 0.2) is 5.82 Å². The first-order valence-electron chi connectivity index (χ1n) is 10.2. The van der Waals surface area contributed by atoms with E-state index in [1.54, 1.807) is 13.1 Å². The molecule has 1 aliphatic rings. The third-order valence-electron chi connectivity index (χ3n) is 5.36. The highest BCUT2D eigenvalue weighted by molar-refractivity contribution is 6.04. The van der Waals surface area contributed by atoms with Crippen LogP contribution in [0.15, 0.2) is 66.9 Å². The predicted molar refractivity (Wildman–Crippen MR) is 115 cm³/mol. The number of piperidine rings is 1. The van der Waals surface area contributed by atoms with Crippen LogP contribution in [0.2, 0.25) is 0 Å². The van der Waals surface area contributed by atoms with E-state index in [-0.39, 0.29) is 17.9 Å². The molecule has 1 aliphatic heterocycles. The molecule has 0 bridgehead atoms. The van der Waals surface area contributed by atoms with Gasteiger partial charge in [-0.25, -0.2) is 9.97 Å². The molecule has 2 aromatic carbocycles. The van der Waals surface area contributed by atoms with Crippen LogP contribution >= 0.6 is 0 Å². The fraction of sp³-hybridized carbons (Fsp3) is 0.250. The van der Waals surface area contributed by atoms with Crippen molar-refractivity contribution in [3.8, 4) is 0 Å². The largest absolute Gasteiger partial charge is 0.328 e. The number of nitrogens with zero attached hydrogens (tertiary/aromatic N) is 3. The lowest BCUT2D eigenvalue weighted by Crippen LogP contribution is -2.39.